The first-order chi connectivity index (χ1) is 13.4. The van der Waals surface area contributed by atoms with Gasteiger partial charge < -0.3 is 5.32 Å². The van der Waals surface area contributed by atoms with Gasteiger partial charge >= 0.3 is 0 Å². The van der Waals surface area contributed by atoms with E-state index in [1.165, 1.54) is 47.7 Å². The first-order valence-electron chi connectivity index (χ1n) is 10.8. The summed E-state index contributed by atoms with van der Waals surface area (Å²) >= 11 is 1.31. The Bertz CT molecular complexity index is 835. The number of rotatable bonds is 4. The molecule has 0 radical (unpaired) electrons. The third-order valence-electron chi connectivity index (χ3n) is 7.60. The smallest absolute Gasteiger partial charge is 0.252 e. The van der Waals surface area contributed by atoms with Crippen molar-refractivity contribution in [2.75, 3.05) is 13.1 Å². The van der Waals surface area contributed by atoms with Crippen LogP contribution in [-0.4, -0.2) is 37.8 Å². The summed E-state index contributed by atoms with van der Waals surface area (Å²) in [6.07, 6.45) is 8.06. The first-order valence-corrected chi connectivity index (χ1v) is 13.0. The number of hydrogen-bond donors (Lipinski definition) is 1. The number of piperidine rings is 1. The predicted molar refractivity (Wildman–Crippen MR) is 110 cm³/mol. The van der Waals surface area contributed by atoms with Crippen molar-refractivity contribution in [3.63, 3.8) is 0 Å². The van der Waals surface area contributed by atoms with E-state index in [2.05, 4.69) is 5.32 Å². The molecule has 28 heavy (non-hydrogen) atoms. The molecule has 1 aliphatic heterocycles. The van der Waals surface area contributed by atoms with E-state index in [4.69, 9.17) is 0 Å². The van der Waals surface area contributed by atoms with E-state index in [0.717, 1.165) is 29.6 Å². The van der Waals surface area contributed by atoms with Gasteiger partial charge in [0.05, 0.1) is 5.92 Å². The van der Waals surface area contributed by atoms with Crippen LogP contribution in [0.3, 0.4) is 0 Å². The highest BCUT2D eigenvalue weighted by Gasteiger charge is 2.49. The van der Waals surface area contributed by atoms with Crippen LogP contribution in [-0.2, 0) is 14.8 Å². The van der Waals surface area contributed by atoms with Gasteiger partial charge in [0.25, 0.3) is 10.0 Å². The molecule has 1 N–H and O–H groups in total. The molecule has 154 valence electrons. The maximum Gasteiger partial charge on any atom is 0.252 e. The number of amides is 1. The molecule has 5 aliphatic rings. The zero-order valence-corrected chi connectivity index (χ0v) is 18.1. The van der Waals surface area contributed by atoms with Crippen LogP contribution < -0.4 is 5.32 Å². The molecule has 6 rings (SSSR count). The number of carbonyl (C=O) groups is 1. The Hall–Kier alpha value is -0.920. The van der Waals surface area contributed by atoms with Crippen LogP contribution in [0.5, 0.6) is 0 Å². The molecule has 1 atom stereocenters. The summed E-state index contributed by atoms with van der Waals surface area (Å²) in [4.78, 5) is 14.1. The lowest BCUT2D eigenvalue weighted by atomic mass is 9.54. The maximum absolute atomic E-state index is 13.1. The molecule has 1 saturated heterocycles. The van der Waals surface area contributed by atoms with E-state index in [9.17, 15) is 13.2 Å². The lowest BCUT2D eigenvalue weighted by Gasteiger charge is -2.54. The highest BCUT2D eigenvalue weighted by atomic mass is 32.2. The average molecular weight is 423 g/mol. The largest absolute Gasteiger partial charge is 0.353 e. The van der Waals surface area contributed by atoms with Crippen LogP contribution in [0.25, 0.3) is 0 Å². The van der Waals surface area contributed by atoms with E-state index >= 15 is 0 Å². The van der Waals surface area contributed by atoms with Crippen molar-refractivity contribution in [2.24, 2.45) is 29.6 Å². The minimum absolute atomic E-state index is 0.0831. The van der Waals surface area contributed by atoms with Crippen LogP contribution in [0, 0.1) is 36.5 Å². The molecule has 5 fully saturated rings. The maximum atomic E-state index is 13.1. The summed E-state index contributed by atoms with van der Waals surface area (Å²) < 4.78 is 27.9. The summed E-state index contributed by atoms with van der Waals surface area (Å²) in [6.45, 7) is 2.75. The van der Waals surface area contributed by atoms with Crippen molar-refractivity contribution in [3.8, 4) is 0 Å². The van der Waals surface area contributed by atoms with E-state index in [1.54, 1.807) is 6.07 Å². The number of hydrogen-bond acceptors (Lipinski definition) is 4. The molecule has 4 aliphatic carbocycles. The van der Waals surface area contributed by atoms with Gasteiger partial charge in [-0.15, -0.1) is 11.3 Å². The van der Waals surface area contributed by atoms with E-state index in [1.807, 2.05) is 13.0 Å². The standard InChI is InChI=1S/C21H30N2O3S2/c1-13-4-5-19(27-13)28(25,26)23-6-2-3-16(12-23)21(24)22-20-17-8-14-7-15(10-17)11-18(20)9-14/h4-5,14-18,20H,2-3,6-12H2,1H3,(H,22,24). The molecular weight excluding hydrogens is 392 g/mol. The molecule has 1 aromatic heterocycles. The Kier molecular flexibility index (Phi) is 4.83. The van der Waals surface area contributed by atoms with Crippen molar-refractivity contribution in [3.05, 3.63) is 17.0 Å². The quantitative estimate of drug-likeness (QED) is 0.809. The van der Waals surface area contributed by atoms with Crippen LogP contribution in [0.15, 0.2) is 16.3 Å². The van der Waals surface area contributed by atoms with Gasteiger partial charge in [0.1, 0.15) is 4.21 Å². The first kappa shape index (κ1) is 19.1. The molecule has 0 aromatic carbocycles. The van der Waals surface area contributed by atoms with Gasteiger partial charge in [-0.2, -0.15) is 4.31 Å². The molecule has 2 heterocycles. The van der Waals surface area contributed by atoms with Crippen molar-refractivity contribution in [2.45, 2.75) is 62.1 Å². The van der Waals surface area contributed by atoms with Gasteiger partial charge in [-0.3, -0.25) is 4.79 Å². The number of nitrogens with one attached hydrogen (secondary N) is 1. The van der Waals surface area contributed by atoms with Crippen LogP contribution >= 0.6 is 11.3 Å². The zero-order valence-electron chi connectivity index (χ0n) is 16.5. The van der Waals surface area contributed by atoms with Gasteiger partial charge in [0.15, 0.2) is 0 Å². The third kappa shape index (κ3) is 3.33. The minimum Gasteiger partial charge on any atom is -0.353 e. The van der Waals surface area contributed by atoms with Crippen molar-refractivity contribution in [1.82, 2.24) is 9.62 Å². The second-order valence-electron chi connectivity index (χ2n) is 9.53. The van der Waals surface area contributed by atoms with Crippen molar-refractivity contribution >= 4 is 27.3 Å². The highest BCUT2D eigenvalue weighted by Crippen LogP contribution is 2.53. The third-order valence-corrected chi connectivity index (χ3v) is 10.9. The summed E-state index contributed by atoms with van der Waals surface area (Å²) in [6, 6.07) is 3.86. The van der Waals surface area contributed by atoms with E-state index in [0.29, 0.717) is 35.2 Å². The van der Waals surface area contributed by atoms with Gasteiger partial charge in [0, 0.05) is 24.0 Å². The Morgan fingerprint density at radius 2 is 1.79 bits per heavy atom. The summed E-state index contributed by atoms with van der Waals surface area (Å²) in [5, 5.41) is 3.39. The summed E-state index contributed by atoms with van der Waals surface area (Å²) in [5.41, 5.74) is 0. The highest BCUT2D eigenvalue weighted by molar-refractivity contribution is 7.91. The van der Waals surface area contributed by atoms with Crippen LogP contribution in [0.4, 0.5) is 0 Å². The Morgan fingerprint density at radius 3 is 2.39 bits per heavy atom. The number of thiophene rings is 1. The summed E-state index contributed by atoms with van der Waals surface area (Å²) in [5.74, 6) is 2.94. The molecule has 5 nitrogen and oxygen atoms in total. The molecular formula is C21H30N2O3S2. The molecule has 4 bridgehead atoms. The minimum atomic E-state index is -3.49. The zero-order chi connectivity index (χ0) is 19.5. The fraction of sp³-hybridized carbons (Fsp3) is 0.762. The Labute approximate surface area is 171 Å². The van der Waals surface area contributed by atoms with Gasteiger partial charge in [0.2, 0.25) is 5.91 Å². The number of aryl methyl sites for hydroxylation is 1. The number of carbonyl (C=O) groups excluding carboxylic acids is 1. The van der Waals surface area contributed by atoms with Gasteiger partial charge in [-0.25, -0.2) is 8.42 Å². The second kappa shape index (κ2) is 7.10. The lowest BCUT2D eigenvalue weighted by molar-refractivity contribution is -0.130. The normalized spacial score (nSPS) is 37.9. The monoisotopic (exact) mass is 422 g/mol. The number of sulfonamides is 1. The SMILES string of the molecule is Cc1ccc(S(=O)(=O)N2CCCC(C(=O)NC3C4CC5CC(C4)CC3C5)C2)s1. The molecule has 1 aromatic rings. The van der Waals surface area contributed by atoms with Crippen LogP contribution in [0.2, 0.25) is 0 Å². The van der Waals surface area contributed by atoms with Crippen LogP contribution in [0.1, 0.15) is 49.8 Å². The Morgan fingerprint density at radius 1 is 1.11 bits per heavy atom. The lowest BCUT2D eigenvalue weighted by Crippen LogP contribution is -2.57. The average Bonchev–Trinajstić information content (AvgIpc) is 3.11. The summed E-state index contributed by atoms with van der Waals surface area (Å²) in [7, 11) is -3.49. The Balaban J connectivity index is 1.26. The molecule has 1 unspecified atom stereocenters. The molecule has 4 saturated carbocycles. The molecule has 1 amide bonds. The van der Waals surface area contributed by atoms with Gasteiger partial charge in [-0.05, 0) is 87.7 Å². The molecule has 7 heteroatoms. The second-order valence-corrected chi connectivity index (χ2v) is 13.0. The van der Waals surface area contributed by atoms with Crippen molar-refractivity contribution in [1.29, 1.82) is 0 Å². The van der Waals surface area contributed by atoms with E-state index < -0.39 is 10.0 Å². The fourth-order valence-electron chi connectivity index (χ4n) is 6.50. The predicted octanol–water partition coefficient (Wildman–Crippen LogP) is 3.40. The topological polar surface area (TPSA) is 66.5 Å². The van der Waals surface area contributed by atoms with E-state index in [-0.39, 0.29) is 11.8 Å². The molecule has 0 spiro atoms. The van der Waals surface area contributed by atoms with Gasteiger partial charge in [-0.1, -0.05) is 0 Å². The fourth-order valence-corrected chi connectivity index (χ4v) is 9.46. The number of nitrogens with zero attached hydrogens (tertiary/aromatic N) is 1. The van der Waals surface area contributed by atoms with Crippen molar-refractivity contribution < 1.29 is 13.2 Å².